The molecule has 0 atom stereocenters. The van der Waals surface area contributed by atoms with Gasteiger partial charge >= 0.3 is 0 Å². The van der Waals surface area contributed by atoms with E-state index in [4.69, 9.17) is 0 Å². The maximum Gasteiger partial charge on any atom is 0.0705 e. The van der Waals surface area contributed by atoms with Gasteiger partial charge in [-0.2, -0.15) is 5.10 Å². The first-order chi connectivity index (χ1) is 9.81. The molecule has 0 aliphatic carbocycles. The average Bonchev–Trinajstić information content (AvgIpc) is 2.92. The average molecular weight is 350 g/mol. The van der Waals surface area contributed by atoms with Crippen molar-refractivity contribution in [1.82, 2.24) is 5.01 Å². The number of rotatable bonds is 3. The predicted molar refractivity (Wildman–Crippen MR) is 89.8 cm³/mol. The molecular weight excluding hydrogens is 334 g/mol. The topological polar surface area (TPSA) is 18.8 Å². The summed E-state index contributed by atoms with van der Waals surface area (Å²) in [5.41, 5.74) is 1.30. The van der Waals surface area contributed by atoms with Crippen molar-refractivity contribution in [1.29, 1.82) is 0 Å². The minimum absolute atomic E-state index is 0.970. The Hall–Kier alpha value is -1.33. The van der Waals surface area contributed by atoms with E-state index >= 15 is 0 Å². The quantitative estimate of drug-likeness (QED) is 0.787. The van der Waals surface area contributed by atoms with E-state index in [0.717, 1.165) is 30.0 Å². The van der Waals surface area contributed by atoms with Crippen LogP contribution in [-0.2, 0) is 0 Å². The van der Waals surface area contributed by atoms with Crippen molar-refractivity contribution >= 4 is 39.2 Å². The van der Waals surface area contributed by atoms with Crippen LogP contribution in [-0.4, -0.2) is 37.4 Å². The lowest BCUT2D eigenvalue weighted by Gasteiger charge is -2.34. The molecule has 1 aromatic heterocycles. The van der Waals surface area contributed by atoms with Gasteiger partial charge in [0, 0.05) is 23.7 Å². The van der Waals surface area contributed by atoms with Crippen LogP contribution in [0, 0.1) is 0 Å². The molecule has 0 bridgehead atoms. The van der Waals surface area contributed by atoms with E-state index in [-0.39, 0.29) is 0 Å². The molecule has 1 saturated heterocycles. The summed E-state index contributed by atoms with van der Waals surface area (Å²) in [6.07, 6.45) is 1.95. The first-order valence-electron chi connectivity index (χ1n) is 6.65. The molecule has 1 fully saturated rings. The number of halogens is 1. The second-order valence-electron chi connectivity index (χ2n) is 4.66. The van der Waals surface area contributed by atoms with Crippen LogP contribution in [0.2, 0.25) is 0 Å². The van der Waals surface area contributed by atoms with E-state index in [0.29, 0.717) is 0 Å². The third-order valence-corrected chi connectivity index (χ3v) is 4.88. The van der Waals surface area contributed by atoms with Gasteiger partial charge in [0.15, 0.2) is 0 Å². The van der Waals surface area contributed by atoms with Gasteiger partial charge in [-0.3, -0.25) is 5.01 Å². The van der Waals surface area contributed by atoms with Crippen LogP contribution in [0.25, 0.3) is 0 Å². The Morgan fingerprint density at radius 2 is 1.75 bits per heavy atom. The van der Waals surface area contributed by atoms with Crippen molar-refractivity contribution in [3.05, 3.63) is 51.1 Å². The number of benzene rings is 1. The number of nitrogens with zero attached hydrogens (tertiary/aromatic N) is 3. The molecule has 1 aliphatic rings. The fraction of sp³-hybridized carbons (Fsp3) is 0.267. The molecule has 1 aromatic carbocycles. The fourth-order valence-corrected chi connectivity index (χ4v) is 3.53. The Bertz CT molecular complexity index is 574. The highest BCUT2D eigenvalue weighted by atomic mass is 79.9. The van der Waals surface area contributed by atoms with Crippen LogP contribution < -0.4 is 4.90 Å². The van der Waals surface area contributed by atoms with Gasteiger partial charge in [0.2, 0.25) is 0 Å². The summed E-state index contributed by atoms with van der Waals surface area (Å²) >= 11 is 5.17. The highest BCUT2D eigenvalue weighted by molar-refractivity contribution is 9.11. The van der Waals surface area contributed by atoms with Crippen molar-refractivity contribution in [3.8, 4) is 0 Å². The molecule has 0 saturated carbocycles. The number of piperazine rings is 1. The zero-order chi connectivity index (χ0) is 13.8. The Morgan fingerprint density at radius 1 is 1.00 bits per heavy atom. The highest BCUT2D eigenvalue weighted by Crippen LogP contribution is 2.21. The Morgan fingerprint density at radius 3 is 2.40 bits per heavy atom. The minimum Gasteiger partial charge on any atom is -0.368 e. The van der Waals surface area contributed by atoms with Crippen molar-refractivity contribution < 1.29 is 0 Å². The minimum atomic E-state index is 0.970. The van der Waals surface area contributed by atoms with Gasteiger partial charge in [0.1, 0.15) is 0 Å². The first-order valence-corrected chi connectivity index (χ1v) is 8.26. The van der Waals surface area contributed by atoms with E-state index in [2.05, 4.69) is 73.4 Å². The number of hydrogen-bond donors (Lipinski definition) is 0. The summed E-state index contributed by atoms with van der Waals surface area (Å²) in [5.74, 6) is 0. The molecule has 20 heavy (non-hydrogen) atoms. The third kappa shape index (κ3) is 3.41. The summed E-state index contributed by atoms with van der Waals surface area (Å²) in [4.78, 5) is 3.59. The monoisotopic (exact) mass is 349 g/mol. The molecule has 0 amide bonds. The maximum absolute atomic E-state index is 4.57. The van der Waals surface area contributed by atoms with Crippen molar-refractivity contribution in [2.75, 3.05) is 31.1 Å². The fourth-order valence-electron chi connectivity index (χ4n) is 2.24. The lowest BCUT2D eigenvalue weighted by molar-refractivity contribution is 0.272. The lowest BCUT2D eigenvalue weighted by Crippen LogP contribution is -2.44. The predicted octanol–water partition coefficient (Wildman–Crippen LogP) is 3.67. The lowest BCUT2D eigenvalue weighted by atomic mass is 10.2. The maximum atomic E-state index is 4.57. The van der Waals surface area contributed by atoms with Crippen LogP contribution in [0.3, 0.4) is 0 Å². The molecule has 1 aliphatic heterocycles. The van der Waals surface area contributed by atoms with Gasteiger partial charge in [-0.1, -0.05) is 18.2 Å². The van der Waals surface area contributed by atoms with Crippen LogP contribution in [0.4, 0.5) is 5.69 Å². The van der Waals surface area contributed by atoms with Gasteiger partial charge in [0.05, 0.1) is 23.1 Å². The zero-order valence-electron chi connectivity index (χ0n) is 11.1. The smallest absolute Gasteiger partial charge is 0.0705 e. The Labute approximate surface area is 131 Å². The standard InChI is InChI=1S/C15H16BrN3S/c16-15-7-6-14(20-15)12-17-19-10-8-18(9-11-19)13-4-2-1-3-5-13/h1-7,12H,8-11H2/b17-12-. The highest BCUT2D eigenvalue weighted by Gasteiger charge is 2.15. The van der Waals surface area contributed by atoms with Crippen molar-refractivity contribution in [2.24, 2.45) is 5.10 Å². The van der Waals surface area contributed by atoms with Crippen LogP contribution in [0.15, 0.2) is 51.4 Å². The molecule has 0 N–H and O–H groups in total. The molecule has 2 aromatic rings. The van der Waals surface area contributed by atoms with E-state index in [1.54, 1.807) is 11.3 Å². The van der Waals surface area contributed by atoms with Gasteiger partial charge in [-0.15, -0.1) is 11.3 Å². The largest absolute Gasteiger partial charge is 0.368 e. The zero-order valence-corrected chi connectivity index (χ0v) is 13.5. The molecule has 104 valence electrons. The molecule has 3 nitrogen and oxygen atoms in total. The van der Waals surface area contributed by atoms with Crippen LogP contribution >= 0.6 is 27.3 Å². The number of hydrogen-bond acceptors (Lipinski definition) is 4. The summed E-state index contributed by atoms with van der Waals surface area (Å²) in [7, 11) is 0. The van der Waals surface area contributed by atoms with E-state index in [1.807, 2.05) is 6.21 Å². The van der Waals surface area contributed by atoms with Crippen molar-refractivity contribution in [3.63, 3.8) is 0 Å². The molecule has 3 rings (SSSR count). The Kier molecular flexibility index (Phi) is 4.38. The first kappa shape index (κ1) is 13.6. The normalized spacial score (nSPS) is 16.1. The number of hydrazone groups is 1. The third-order valence-electron chi connectivity index (χ3n) is 3.32. The summed E-state index contributed by atoms with van der Waals surface area (Å²) in [6.45, 7) is 3.99. The van der Waals surface area contributed by atoms with E-state index < -0.39 is 0 Å². The van der Waals surface area contributed by atoms with E-state index in [9.17, 15) is 0 Å². The summed E-state index contributed by atoms with van der Waals surface area (Å²) in [5, 5.41) is 6.71. The molecule has 2 heterocycles. The summed E-state index contributed by atoms with van der Waals surface area (Å²) < 4.78 is 1.15. The van der Waals surface area contributed by atoms with E-state index in [1.165, 1.54) is 10.6 Å². The van der Waals surface area contributed by atoms with Gasteiger partial charge < -0.3 is 4.90 Å². The SMILES string of the molecule is Brc1ccc(/C=N\N2CCN(c3ccccc3)CC2)s1. The van der Waals surface area contributed by atoms with Crippen LogP contribution in [0.1, 0.15) is 4.88 Å². The number of para-hydroxylation sites is 1. The second-order valence-corrected chi connectivity index (χ2v) is 7.16. The van der Waals surface area contributed by atoms with Crippen molar-refractivity contribution in [2.45, 2.75) is 0 Å². The summed E-state index contributed by atoms with van der Waals surface area (Å²) in [6, 6.07) is 14.7. The second kappa shape index (κ2) is 6.41. The van der Waals surface area contributed by atoms with Gasteiger partial charge in [0.25, 0.3) is 0 Å². The molecule has 0 spiro atoms. The Balaban J connectivity index is 1.55. The molecule has 0 radical (unpaired) electrons. The van der Waals surface area contributed by atoms with Gasteiger partial charge in [-0.25, -0.2) is 0 Å². The molecule has 5 heteroatoms. The number of thiophene rings is 1. The van der Waals surface area contributed by atoms with Gasteiger partial charge in [-0.05, 0) is 40.2 Å². The van der Waals surface area contributed by atoms with Crippen LogP contribution in [0.5, 0.6) is 0 Å². The number of anilines is 1. The molecular formula is C15H16BrN3S. The molecule has 0 unspecified atom stereocenters.